The molecule has 1 atom stereocenters. The molecule has 3 heteroatoms. The molecule has 1 N–H and O–H groups in total. The summed E-state index contributed by atoms with van der Waals surface area (Å²) in [7, 11) is 0. The van der Waals surface area contributed by atoms with E-state index in [1.807, 2.05) is 6.20 Å². The van der Waals surface area contributed by atoms with Crippen LogP contribution in [0.4, 0.5) is 0 Å². The molecule has 0 saturated heterocycles. The highest BCUT2D eigenvalue weighted by molar-refractivity contribution is 6.04. The molecule has 0 bridgehead atoms. The largest absolute Gasteiger partial charge is 0.374 e. The lowest BCUT2D eigenvalue weighted by Gasteiger charge is -2.29. The maximum Gasteiger partial charge on any atom is 0.138 e. The number of amidine groups is 1. The van der Waals surface area contributed by atoms with Gasteiger partial charge in [-0.15, -0.1) is 0 Å². The van der Waals surface area contributed by atoms with E-state index in [4.69, 9.17) is 0 Å². The Morgan fingerprint density at radius 1 is 1.45 bits per heavy atom. The summed E-state index contributed by atoms with van der Waals surface area (Å²) in [5, 5.41) is 3.12. The van der Waals surface area contributed by atoms with E-state index >= 15 is 0 Å². The van der Waals surface area contributed by atoms with E-state index in [1.54, 1.807) is 6.20 Å². The molecule has 3 nitrogen and oxygen atoms in total. The second-order valence-electron chi connectivity index (χ2n) is 5.48. The summed E-state index contributed by atoms with van der Waals surface area (Å²) < 4.78 is 0. The van der Waals surface area contributed by atoms with E-state index in [2.05, 4.69) is 55.6 Å². The van der Waals surface area contributed by atoms with Gasteiger partial charge in [0.2, 0.25) is 0 Å². The van der Waals surface area contributed by atoms with Crippen molar-refractivity contribution in [2.24, 2.45) is 10.9 Å². The van der Waals surface area contributed by atoms with Crippen LogP contribution in [0.3, 0.4) is 0 Å². The lowest BCUT2D eigenvalue weighted by molar-refractivity contribution is 0.285. The number of allylic oxidation sites excluding steroid dienone is 1. The number of nitrogens with one attached hydrogen (secondary N) is 1. The van der Waals surface area contributed by atoms with Crippen LogP contribution in [0.1, 0.15) is 47.0 Å². The van der Waals surface area contributed by atoms with Gasteiger partial charge in [0.15, 0.2) is 0 Å². The predicted molar refractivity (Wildman–Crippen MR) is 88.5 cm³/mol. The SMILES string of the molecule is C=CNC1=NC=C/C1=C(/C)N(CCC)CC(C)CCC. The van der Waals surface area contributed by atoms with Crippen molar-refractivity contribution in [3.05, 3.63) is 36.3 Å². The van der Waals surface area contributed by atoms with Crippen molar-refractivity contribution < 1.29 is 0 Å². The van der Waals surface area contributed by atoms with Gasteiger partial charge in [-0.25, -0.2) is 4.99 Å². The van der Waals surface area contributed by atoms with Gasteiger partial charge in [0, 0.05) is 30.6 Å². The third kappa shape index (κ3) is 4.55. The van der Waals surface area contributed by atoms with Gasteiger partial charge in [-0.05, 0) is 38.0 Å². The fourth-order valence-electron chi connectivity index (χ4n) is 2.63. The van der Waals surface area contributed by atoms with Crippen molar-refractivity contribution in [3.8, 4) is 0 Å². The molecular formula is C17H29N3. The van der Waals surface area contributed by atoms with E-state index in [0.717, 1.165) is 31.3 Å². The van der Waals surface area contributed by atoms with Crippen molar-refractivity contribution in [1.82, 2.24) is 10.2 Å². The average molecular weight is 275 g/mol. The molecule has 1 aliphatic heterocycles. The van der Waals surface area contributed by atoms with Gasteiger partial charge in [0.25, 0.3) is 0 Å². The van der Waals surface area contributed by atoms with Gasteiger partial charge < -0.3 is 10.2 Å². The summed E-state index contributed by atoms with van der Waals surface area (Å²) in [6, 6.07) is 0. The third-order valence-electron chi connectivity index (χ3n) is 3.61. The van der Waals surface area contributed by atoms with E-state index in [-0.39, 0.29) is 0 Å². The van der Waals surface area contributed by atoms with E-state index < -0.39 is 0 Å². The Morgan fingerprint density at radius 3 is 2.80 bits per heavy atom. The summed E-state index contributed by atoms with van der Waals surface area (Å²) in [5.41, 5.74) is 2.48. The molecule has 0 spiro atoms. The smallest absolute Gasteiger partial charge is 0.138 e. The molecule has 0 saturated carbocycles. The van der Waals surface area contributed by atoms with Gasteiger partial charge in [0.05, 0.1) is 0 Å². The number of hydrogen-bond acceptors (Lipinski definition) is 3. The Morgan fingerprint density at radius 2 is 2.20 bits per heavy atom. The second kappa shape index (κ2) is 8.62. The molecule has 1 rings (SSSR count). The van der Waals surface area contributed by atoms with Crippen LogP contribution in [0.2, 0.25) is 0 Å². The number of aliphatic imine (C=N–C) groups is 1. The van der Waals surface area contributed by atoms with Crippen LogP contribution >= 0.6 is 0 Å². The third-order valence-corrected chi connectivity index (χ3v) is 3.61. The highest BCUT2D eigenvalue weighted by atomic mass is 15.1. The Bertz CT molecular complexity index is 404. The minimum absolute atomic E-state index is 0.722. The van der Waals surface area contributed by atoms with Crippen molar-refractivity contribution in [1.29, 1.82) is 0 Å². The minimum atomic E-state index is 0.722. The minimum Gasteiger partial charge on any atom is -0.374 e. The molecular weight excluding hydrogens is 246 g/mol. The molecule has 0 aromatic rings. The summed E-state index contributed by atoms with van der Waals surface area (Å²) in [5.74, 6) is 1.63. The standard InChI is InChI=1S/C17H29N3/c1-6-9-14(4)13-20(12-7-2)15(5)16-10-11-19-17(16)18-8-3/h8,10-11,14H,3,6-7,9,12-13H2,1-2,4-5H3,(H,18,19)/b16-15+. The Kier molecular flexibility index (Phi) is 7.13. The fourth-order valence-corrected chi connectivity index (χ4v) is 2.63. The molecule has 112 valence electrons. The zero-order valence-electron chi connectivity index (χ0n) is 13.4. The molecule has 20 heavy (non-hydrogen) atoms. The van der Waals surface area contributed by atoms with E-state index in [1.165, 1.54) is 24.1 Å². The quantitative estimate of drug-likeness (QED) is 0.723. The van der Waals surface area contributed by atoms with Crippen LogP contribution in [0.15, 0.2) is 41.3 Å². The maximum atomic E-state index is 4.36. The number of rotatable bonds is 8. The average Bonchev–Trinajstić information content (AvgIpc) is 2.86. The van der Waals surface area contributed by atoms with Crippen LogP contribution in [0, 0.1) is 5.92 Å². The van der Waals surface area contributed by atoms with Gasteiger partial charge >= 0.3 is 0 Å². The lowest BCUT2D eigenvalue weighted by Crippen LogP contribution is -2.30. The van der Waals surface area contributed by atoms with Crippen molar-refractivity contribution in [2.75, 3.05) is 13.1 Å². The molecule has 1 heterocycles. The monoisotopic (exact) mass is 275 g/mol. The Labute approximate surface area is 124 Å². The van der Waals surface area contributed by atoms with Crippen molar-refractivity contribution in [2.45, 2.75) is 47.0 Å². The second-order valence-corrected chi connectivity index (χ2v) is 5.48. The first-order valence-electron chi connectivity index (χ1n) is 7.71. The molecule has 0 aromatic carbocycles. The molecule has 0 aromatic heterocycles. The maximum absolute atomic E-state index is 4.36. The highest BCUT2D eigenvalue weighted by Gasteiger charge is 2.16. The first-order chi connectivity index (χ1) is 9.63. The zero-order valence-corrected chi connectivity index (χ0v) is 13.4. The Balaban J connectivity index is 2.87. The summed E-state index contributed by atoms with van der Waals surface area (Å²) >= 11 is 0. The molecule has 1 aliphatic rings. The normalized spacial score (nSPS) is 17.7. The molecule has 1 unspecified atom stereocenters. The highest BCUT2D eigenvalue weighted by Crippen LogP contribution is 2.19. The first kappa shape index (κ1) is 16.5. The van der Waals surface area contributed by atoms with Crippen LogP contribution in [0.5, 0.6) is 0 Å². The topological polar surface area (TPSA) is 27.6 Å². The van der Waals surface area contributed by atoms with E-state index in [0.29, 0.717) is 0 Å². The van der Waals surface area contributed by atoms with E-state index in [9.17, 15) is 0 Å². The molecule has 0 radical (unpaired) electrons. The van der Waals surface area contributed by atoms with Crippen LogP contribution < -0.4 is 5.32 Å². The van der Waals surface area contributed by atoms with Crippen molar-refractivity contribution >= 4 is 5.84 Å². The van der Waals surface area contributed by atoms with Crippen molar-refractivity contribution in [3.63, 3.8) is 0 Å². The van der Waals surface area contributed by atoms with Crippen LogP contribution in [-0.4, -0.2) is 23.8 Å². The zero-order chi connectivity index (χ0) is 15.0. The lowest BCUT2D eigenvalue weighted by atomic mass is 10.0. The summed E-state index contributed by atoms with van der Waals surface area (Å²) in [6.45, 7) is 14.9. The van der Waals surface area contributed by atoms with Gasteiger partial charge in [0.1, 0.15) is 5.84 Å². The number of nitrogens with zero attached hydrogens (tertiary/aromatic N) is 2. The number of hydrogen-bond donors (Lipinski definition) is 1. The molecule has 0 amide bonds. The van der Waals surface area contributed by atoms with Crippen LogP contribution in [-0.2, 0) is 0 Å². The summed E-state index contributed by atoms with van der Waals surface area (Å²) in [6.07, 6.45) is 9.31. The summed E-state index contributed by atoms with van der Waals surface area (Å²) in [4.78, 5) is 6.85. The Hall–Kier alpha value is -1.51. The molecule has 0 aliphatic carbocycles. The fraction of sp³-hybridized carbons (Fsp3) is 0.588. The van der Waals surface area contributed by atoms with Gasteiger partial charge in [-0.1, -0.05) is 33.8 Å². The van der Waals surface area contributed by atoms with Gasteiger partial charge in [-0.3, -0.25) is 0 Å². The first-order valence-corrected chi connectivity index (χ1v) is 7.71. The predicted octanol–water partition coefficient (Wildman–Crippen LogP) is 4.07. The molecule has 0 fully saturated rings. The van der Waals surface area contributed by atoms with Crippen LogP contribution in [0.25, 0.3) is 0 Å². The van der Waals surface area contributed by atoms with Gasteiger partial charge in [-0.2, -0.15) is 0 Å².